The smallest absolute Gasteiger partial charge is 0.127 e. The van der Waals surface area contributed by atoms with Crippen LogP contribution in [0.4, 0.5) is 0 Å². The fraction of sp³-hybridized carbons (Fsp3) is 0.200. The molecule has 0 fully saturated rings. The van der Waals surface area contributed by atoms with Crippen LogP contribution in [-0.4, -0.2) is 30.9 Å². The minimum atomic E-state index is -0.578. The lowest BCUT2D eigenvalue weighted by Gasteiger charge is -2.14. The number of rotatable bonds is 7. The summed E-state index contributed by atoms with van der Waals surface area (Å²) in [4.78, 5) is 0. The first-order valence-electron chi connectivity index (χ1n) is 9.88. The highest BCUT2D eigenvalue weighted by Crippen LogP contribution is 2.36. The van der Waals surface area contributed by atoms with E-state index in [0.29, 0.717) is 19.7 Å². The molecule has 0 aromatic heterocycles. The van der Waals surface area contributed by atoms with Gasteiger partial charge in [0.2, 0.25) is 0 Å². The van der Waals surface area contributed by atoms with Crippen molar-refractivity contribution in [2.45, 2.75) is 12.7 Å². The summed E-state index contributed by atoms with van der Waals surface area (Å²) in [5, 5.41) is 13.5. The van der Waals surface area contributed by atoms with E-state index in [9.17, 15) is 5.11 Å². The average Bonchev–Trinajstić information content (AvgIpc) is 2.93. The topological polar surface area (TPSA) is 50.7 Å². The first-order valence-corrected chi connectivity index (χ1v) is 9.88. The Bertz CT molecular complexity index is 919. The number of aliphatic hydroxyl groups excluding tert-OH is 1. The lowest BCUT2D eigenvalue weighted by molar-refractivity contribution is 0.107. The van der Waals surface area contributed by atoms with Crippen LogP contribution in [0, 0.1) is 0 Å². The van der Waals surface area contributed by atoms with Crippen molar-refractivity contribution >= 4 is 5.57 Å². The molecule has 3 aromatic carbocycles. The lowest BCUT2D eigenvalue weighted by atomic mass is 9.94. The van der Waals surface area contributed by atoms with Gasteiger partial charge in [-0.15, -0.1) is 0 Å². The van der Waals surface area contributed by atoms with E-state index in [-0.39, 0.29) is 6.61 Å². The van der Waals surface area contributed by atoms with Gasteiger partial charge in [0.15, 0.2) is 0 Å². The van der Waals surface area contributed by atoms with Crippen LogP contribution in [0.15, 0.2) is 84.9 Å². The summed E-state index contributed by atoms with van der Waals surface area (Å²) in [5.74, 6) is 1.66. The number of hydrogen-bond acceptors (Lipinski definition) is 4. The number of nitrogens with one attached hydrogen (secondary N) is 1. The molecule has 0 spiro atoms. The maximum Gasteiger partial charge on any atom is 0.127 e. The van der Waals surface area contributed by atoms with E-state index in [0.717, 1.165) is 22.6 Å². The summed E-state index contributed by atoms with van der Waals surface area (Å²) in [6, 6.07) is 26.0. The van der Waals surface area contributed by atoms with Crippen molar-refractivity contribution in [3.05, 3.63) is 102 Å². The van der Waals surface area contributed by atoms with E-state index < -0.39 is 6.10 Å². The standard InChI is InChI=1S/C25H25NO3/c27-20(18-28-21-9-2-1-3-10-21)16-26-15-14-23-22-11-5-4-8-19(22)17-29-25-13-7-6-12-24(23)25/h1-14,20,26-27H,15-18H2. The molecule has 4 nitrogen and oxygen atoms in total. The molecule has 1 heterocycles. The first-order chi connectivity index (χ1) is 14.3. The molecule has 0 radical (unpaired) electrons. The predicted molar refractivity (Wildman–Crippen MR) is 115 cm³/mol. The summed E-state index contributed by atoms with van der Waals surface area (Å²) in [6.07, 6.45) is 1.59. The number of benzene rings is 3. The van der Waals surface area contributed by atoms with Crippen molar-refractivity contribution in [2.75, 3.05) is 19.7 Å². The zero-order valence-electron chi connectivity index (χ0n) is 16.3. The van der Waals surface area contributed by atoms with Crippen LogP contribution in [-0.2, 0) is 6.61 Å². The molecule has 3 aromatic rings. The zero-order valence-corrected chi connectivity index (χ0v) is 16.3. The summed E-state index contributed by atoms with van der Waals surface area (Å²) in [5.41, 5.74) is 4.60. The largest absolute Gasteiger partial charge is 0.491 e. The Morgan fingerprint density at radius 2 is 1.66 bits per heavy atom. The Balaban J connectivity index is 1.40. The Labute approximate surface area is 171 Å². The highest BCUT2D eigenvalue weighted by Gasteiger charge is 2.18. The van der Waals surface area contributed by atoms with Crippen molar-refractivity contribution in [1.82, 2.24) is 5.32 Å². The zero-order chi connectivity index (χ0) is 19.9. The maximum atomic E-state index is 10.2. The van der Waals surface area contributed by atoms with E-state index in [1.165, 1.54) is 11.1 Å². The average molecular weight is 387 g/mol. The van der Waals surface area contributed by atoms with Crippen molar-refractivity contribution in [2.24, 2.45) is 0 Å². The monoisotopic (exact) mass is 387 g/mol. The molecule has 1 aliphatic heterocycles. The van der Waals surface area contributed by atoms with E-state index in [2.05, 4.69) is 35.7 Å². The molecule has 4 rings (SSSR count). The highest BCUT2D eigenvalue weighted by atomic mass is 16.5. The molecule has 0 bridgehead atoms. The van der Waals surface area contributed by atoms with Crippen LogP contribution in [0.3, 0.4) is 0 Å². The molecular weight excluding hydrogens is 362 g/mol. The van der Waals surface area contributed by atoms with Gasteiger partial charge >= 0.3 is 0 Å². The third kappa shape index (κ3) is 4.86. The van der Waals surface area contributed by atoms with E-state index >= 15 is 0 Å². The summed E-state index contributed by atoms with van der Waals surface area (Å²) >= 11 is 0. The third-order valence-corrected chi connectivity index (χ3v) is 4.88. The quantitative estimate of drug-likeness (QED) is 0.601. The molecule has 4 heteroatoms. The Hall–Kier alpha value is -3.08. The van der Waals surface area contributed by atoms with Gasteiger partial charge in [-0.05, 0) is 34.9 Å². The minimum absolute atomic E-state index is 0.257. The number of para-hydroxylation sites is 2. The molecule has 0 saturated heterocycles. The summed E-state index contributed by atoms with van der Waals surface area (Å²) in [6.45, 7) is 1.91. The molecule has 148 valence electrons. The van der Waals surface area contributed by atoms with Crippen LogP contribution < -0.4 is 14.8 Å². The van der Waals surface area contributed by atoms with Crippen LogP contribution in [0.2, 0.25) is 0 Å². The van der Waals surface area contributed by atoms with Gasteiger partial charge in [0.25, 0.3) is 0 Å². The predicted octanol–water partition coefficient (Wildman–Crippen LogP) is 4.04. The Morgan fingerprint density at radius 3 is 2.52 bits per heavy atom. The first kappa shape index (κ1) is 19.2. The van der Waals surface area contributed by atoms with Gasteiger partial charge in [-0.25, -0.2) is 0 Å². The fourth-order valence-electron chi connectivity index (χ4n) is 3.44. The second-order valence-corrected chi connectivity index (χ2v) is 7.00. The summed E-state index contributed by atoms with van der Waals surface area (Å²) in [7, 11) is 0. The molecule has 1 atom stereocenters. The van der Waals surface area contributed by atoms with Gasteiger partial charge in [0, 0.05) is 18.7 Å². The normalized spacial score (nSPS) is 15.0. The number of ether oxygens (including phenoxy) is 2. The SMILES string of the molecule is OC(CNCC=C1c2ccccc2COc2ccccc21)COc1ccccc1. The second-order valence-electron chi connectivity index (χ2n) is 7.00. The molecular formula is C25H25NO3. The van der Waals surface area contributed by atoms with E-state index in [1.807, 2.05) is 54.6 Å². The minimum Gasteiger partial charge on any atom is -0.491 e. The summed E-state index contributed by atoms with van der Waals surface area (Å²) < 4.78 is 11.6. The van der Waals surface area contributed by atoms with Crippen LogP contribution in [0.25, 0.3) is 5.57 Å². The number of aliphatic hydroxyl groups is 1. The van der Waals surface area contributed by atoms with E-state index in [4.69, 9.17) is 9.47 Å². The number of hydrogen-bond donors (Lipinski definition) is 2. The molecule has 0 saturated carbocycles. The van der Waals surface area contributed by atoms with Crippen molar-refractivity contribution in [3.8, 4) is 11.5 Å². The molecule has 0 aliphatic carbocycles. The second kappa shape index (κ2) is 9.41. The van der Waals surface area contributed by atoms with Crippen LogP contribution in [0.1, 0.15) is 16.7 Å². The third-order valence-electron chi connectivity index (χ3n) is 4.88. The molecule has 1 unspecified atom stereocenters. The van der Waals surface area contributed by atoms with Crippen molar-refractivity contribution in [3.63, 3.8) is 0 Å². The highest BCUT2D eigenvalue weighted by molar-refractivity contribution is 5.85. The van der Waals surface area contributed by atoms with Gasteiger partial charge in [0.1, 0.15) is 30.8 Å². The van der Waals surface area contributed by atoms with Gasteiger partial charge in [-0.2, -0.15) is 0 Å². The van der Waals surface area contributed by atoms with Gasteiger partial charge in [-0.3, -0.25) is 0 Å². The molecule has 0 amide bonds. The van der Waals surface area contributed by atoms with Crippen molar-refractivity contribution < 1.29 is 14.6 Å². The van der Waals surface area contributed by atoms with Gasteiger partial charge in [0.05, 0.1) is 0 Å². The Morgan fingerprint density at radius 1 is 0.931 bits per heavy atom. The molecule has 1 aliphatic rings. The van der Waals surface area contributed by atoms with Crippen LogP contribution in [0.5, 0.6) is 11.5 Å². The Kier molecular flexibility index (Phi) is 6.25. The maximum absolute atomic E-state index is 10.2. The van der Waals surface area contributed by atoms with Gasteiger partial charge in [-0.1, -0.05) is 66.7 Å². The van der Waals surface area contributed by atoms with Crippen molar-refractivity contribution in [1.29, 1.82) is 0 Å². The fourth-order valence-corrected chi connectivity index (χ4v) is 3.44. The molecule has 2 N–H and O–H groups in total. The van der Waals surface area contributed by atoms with Crippen LogP contribution >= 0.6 is 0 Å². The van der Waals surface area contributed by atoms with E-state index in [1.54, 1.807) is 0 Å². The number of fused-ring (bicyclic) bond motifs is 2. The molecule has 29 heavy (non-hydrogen) atoms. The van der Waals surface area contributed by atoms with Gasteiger partial charge < -0.3 is 19.9 Å². The lowest BCUT2D eigenvalue weighted by Crippen LogP contribution is -2.31.